The third-order valence-corrected chi connectivity index (χ3v) is 7.01. The third kappa shape index (κ3) is 6.69. The molecule has 6 rings (SSSR count). The van der Waals surface area contributed by atoms with Crippen molar-refractivity contribution in [3.8, 4) is 22.7 Å². The van der Waals surface area contributed by atoms with Crippen molar-refractivity contribution >= 4 is 60.5 Å². The molecule has 1 amide bonds. The van der Waals surface area contributed by atoms with Gasteiger partial charge in [0.05, 0.1) is 25.3 Å². The Hall–Kier alpha value is -4.31. The zero-order valence-corrected chi connectivity index (χ0v) is 25.9. The summed E-state index contributed by atoms with van der Waals surface area (Å²) < 4.78 is 15.6. The minimum atomic E-state index is -0.464. The number of carbonyl (C=O) groups excluding carboxylic acids is 1. The van der Waals surface area contributed by atoms with Crippen LogP contribution in [0.5, 0.6) is 5.75 Å². The lowest BCUT2D eigenvalue weighted by Gasteiger charge is -2.26. The zero-order chi connectivity index (χ0) is 27.5. The number of anilines is 1. The molecule has 0 saturated heterocycles. The molecule has 43 heavy (non-hydrogen) atoms. The van der Waals surface area contributed by atoms with Crippen LogP contribution in [0, 0.1) is 0 Å². The Morgan fingerprint density at radius 3 is 2.47 bits per heavy atom. The molecule has 6 aromatic rings. The molecule has 0 aliphatic heterocycles. The van der Waals surface area contributed by atoms with Gasteiger partial charge in [-0.15, -0.1) is 37.2 Å². The van der Waals surface area contributed by atoms with Crippen LogP contribution in [0.2, 0.25) is 0 Å². The molecule has 2 aromatic carbocycles. The molecule has 0 spiro atoms. The molecule has 0 saturated carbocycles. The number of methoxy groups -OCH3 is 1. The molecule has 4 aromatic heterocycles. The smallest absolute Gasteiger partial charge is 0.217 e. The van der Waals surface area contributed by atoms with Gasteiger partial charge in [0.1, 0.15) is 23.2 Å². The summed E-state index contributed by atoms with van der Waals surface area (Å²) in [6, 6.07) is 21.0. The maximum Gasteiger partial charge on any atom is 0.217 e. The molecule has 0 unspecified atom stereocenters. The molecule has 0 fully saturated rings. The number of carbonyl (C=O) groups is 1. The van der Waals surface area contributed by atoms with Crippen molar-refractivity contribution in [1.82, 2.24) is 24.1 Å². The normalized spacial score (nSPS) is 11.1. The number of hydrogen-bond donors (Lipinski definition) is 0. The molecule has 12 heteroatoms. The maximum atomic E-state index is 12.7. The Balaban J connectivity index is 0.00000169. The van der Waals surface area contributed by atoms with E-state index in [9.17, 15) is 4.79 Å². The highest BCUT2D eigenvalue weighted by molar-refractivity contribution is 5.86. The fraction of sp³-hybridized carbons (Fsp3) is 0.161. The quantitative estimate of drug-likeness (QED) is 0.148. The first-order valence-corrected chi connectivity index (χ1v) is 13.0. The van der Waals surface area contributed by atoms with Gasteiger partial charge in [0.2, 0.25) is 12.3 Å². The van der Waals surface area contributed by atoms with Gasteiger partial charge >= 0.3 is 0 Å². The average Bonchev–Trinajstić information content (AvgIpc) is 3.77. The predicted molar refractivity (Wildman–Crippen MR) is 174 cm³/mol. The highest BCUT2D eigenvalue weighted by Gasteiger charge is 2.29. The van der Waals surface area contributed by atoms with E-state index in [2.05, 4.69) is 45.7 Å². The molecule has 0 bridgehead atoms. The van der Waals surface area contributed by atoms with Crippen LogP contribution in [-0.4, -0.2) is 37.6 Å². The van der Waals surface area contributed by atoms with Gasteiger partial charge in [0.15, 0.2) is 0 Å². The molecule has 224 valence electrons. The summed E-state index contributed by atoms with van der Waals surface area (Å²) in [7, 11) is 1.62. The second-order valence-corrected chi connectivity index (χ2v) is 9.30. The second kappa shape index (κ2) is 14.7. The van der Waals surface area contributed by atoms with Gasteiger partial charge in [0.25, 0.3) is 0 Å². The van der Waals surface area contributed by atoms with Gasteiger partial charge in [-0.25, -0.2) is 9.97 Å². The summed E-state index contributed by atoms with van der Waals surface area (Å²) >= 11 is 0. The Bertz CT molecular complexity index is 1740. The fourth-order valence-electron chi connectivity index (χ4n) is 5.01. The van der Waals surface area contributed by atoms with Crippen molar-refractivity contribution in [1.29, 1.82) is 0 Å². The van der Waals surface area contributed by atoms with Crippen LogP contribution in [0.1, 0.15) is 24.5 Å². The number of ether oxygens (including phenoxy) is 1. The van der Waals surface area contributed by atoms with Crippen molar-refractivity contribution in [2.45, 2.75) is 25.9 Å². The second-order valence-electron chi connectivity index (χ2n) is 9.30. The lowest BCUT2D eigenvalue weighted by molar-refractivity contribution is -0.108. The van der Waals surface area contributed by atoms with E-state index in [-0.39, 0.29) is 37.2 Å². The summed E-state index contributed by atoms with van der Waals surface area (Å²) in [6.45, 7) is 2.74. The number of benzene rings is 2. The van der Waals surface area contributed by atoms with E-state index >= 15 is 0 Å². The molecule has 1 atom stereocenters. The molecular weight excluding hydrogens is 611 g/mol. The van der Waals surface area contributed by atoms with Crippen molar-refractivity contribution in [2.24, 2.45) is 0 Å². The Kier molecular flexibility index (Phi) is 11.4. The van der Waals surface area contributed by atoms with E-state index in [1.165, 1.54) is 0 Å². The molecular formula is C31H31Cl3N6O3. The number of halogens is 3. The maximum absolute atomic E-state index is 12.7. The highest BCUT2D eigenvalue weighted by atomic mass is 35.5. The van der Waals surface area contributed by atoms with Gasteiger partial charge in [-0.2, -0.15) is 0 Å². The van der Waals surface area contributed by atoms with E-state index < -0.39 is 6.04 Å². The molecule has 0 radical (unpaired) electrons. The minimum Gasteiger partial charge on any atom is -0.497 e. The first kappa shape index (κ1) is 33.2. The Morgan fingerprint density at radius 2 is 1.81 bits per heavy atom. The molecule has 4 heterocycles. The fourth-order valence-corrected chi connectivity index (χ4v) is 5.01. The van der Waals surface area contributed by atoms with Crippen LogP contribution < -0.4 is 9.64 Å². The van der Waals surface area contributed by atoms with Crippen LogP contribution in [0.3, 0.4) is 0 Å². The van der Waals surface area contributed by atoms with Crippen LogP contribution >= 0.6 is 37.2 Å². The monoisotopic (exact) mass is 640 g/mol. The highest BCUT2D eigenvalue weighted by Crippen LogP contribution is 2.35. The number of fused-ring (bicyclic) bond motifs is 1. The van der Waals surface area contributed by atoms with Crippen molar-refractivity contribution in [2.75, 3.05) is 12.0 Å². The van der Waals surface area contributed by atoms with Gasteiger partial charge in [-0.3, -0.25) is 14.7 Å². The largest absolute Gasteiger partial charge is 0.497 e. The first-order chi connectivity index (χ1) is 19.7. The van der Waals surface area contributed by atoms with Gasteiger partial charge in [0, 0.05) is 54.4 Å². The van der Waals surface area contributed by atoms with Gasteiger partial charge in [-0.1, -0.05) is 18.2 Å². The van der Waals surface area contributed by atoms with E-state index in [0.717, 1.165) is 40.3 Å². The number of rotatable bonds is 10. The zero-order valence-electron chi connectivity index (χ0n) is 23.4. The summed E-state index contributed by atoms with van der Waals surface area (Å²) in [5.41, 5.74) is 4.51. The third-order valence-electron chi connectivity index (χ3n) is 7.01. The van der Waals surface area contributed by atoms with E-state index in [1.807, 2.05) is 59.4 Å². The summed E-state index contributed by atoms with van der Waals surface area (Å²) in [6.07, 6.45) is 10.3. The first-order valence-electron chi connectivity index (χ1n) is 13.0. The predicted octanol–water partition coefficient (Wildman–Crippen LogP) is 7.12. The topological polar surface area (TPSA) is 91.2 Å². The van der Waals surface area contributed by atoms with E-state index in [1.54, 1.807) is 30.7 Å². The van der Waals surface area contributed by atoms with Crippen LogP contribution in [0.15, 0.2) is 102 Å². The van der Waals surface area contributed by atoms with Gasteiger partial charge in [-0.05, 0) is 55.0 Å². The summed E-state index contributed by atoms with van der Waals surface area (Å²) in [5.74, 6) is 1.89. The van der Waals surface area contributed by atoms with E-state index in [4.69, 9.17) is 14.1 Å². The number of furan rings is 1. The SMILES string of the molecule is CCn1c(-c2ccc(-n3ccnc3)cc2)cnc1[C@H](Cc1ccccn1)N(C=O)c1cc2cc(OC)ccc2o1.Cl.Cl.Cl. The lowest BCUT2D eigenvalue weighted by Crippen LogP contribution is -2.31. The molecule has 9 nitrogen and oxygen atoms in total. The number of imidazole rings is 2. The molecule has 0 aliphatic carbocycles. The van der Waals surface area contributed by atoms with Crippen LogP contribution in [0.4, 0.5) is 5.88 Å². The molecule has 0 N–H and O–H groups in total. The van der Waals surface area contributed by atoms with Crippen molar-refractivity contribution < 1.29 is 13.9 Å². The lowest BCUT2D eigenvalue weighted by atomic mass is 10.1. The standard InChI is InChI=1S/C31H28N6O3.3ClH/c1-3-36-28(22-7-9-25(10-8-22)35-15-14-32-20-35)19-34-31(36)27(18-24-6-4-5-13-33-24)37(21-38)30-17-23-16-26(39-2)11-12-29(23)40-30;;;/h4-17,19-21,27H,3,18H2,1-2H3;3*1H/t27-;;;/m0.../s1. The number of aromatic nitrogens is 5. The van der Waals surface area contributed by atoms with Gasteiger partial charge < -0.3 is 18.3 Å². The van der Waals surface area contributed by atoms with Crippen LogP contribution in [-0.2, 0) is 17.8 Å². The van der Waals surface area contributed by atoms with Crippen molar-refractivity contribution in [3.63, 3.8) is 0 Å². The van der Waals surface area contributed by atoms with Crippen molar-refractivity contribution in [3.05, 3.63) is 109 Å². The molecule has 0 aliphatic rings. The Labute approximate surface area is 267 Å². The number of nitrogens with zero attached hydrogens (tertiary/aromatic N) is 6. The average molecular weight is 642 g/mol. The van der Waals surface area contributed by atoms with E-state index in [0.29, 0.717) is 30.2 Å². The number of hydrogen-bond acceptors (Lipinski definition) is 6. The summed E-state index contributed by atoms with van der Waals surface area (Å²) in [4.78, 5) is 27.9. The minimum absolute atomic E-state index is 0. The Morgan fingerprint density at radius 1 is 1.00 bits per heavy atom. The number of pyridine rings is 1. The summed E-state index contributed by atoms with van der Waals surface area (Å²) in [5, 5.41) is 0.843. The van der Waals surface area contributed by atoms with Crippen LogP contribution in [0.25, 0.3) is 27.9 Å². The number of amides is 1.